The summed E-state index contributed by atoms with van der Waals surface area (Å²) in [7, 11) is 0. The lowest BCUT2D eigenvalue weighted by Crippen LogP contribution is -2.27. The van der Waals surface area contributed by atoms with Gasteiger partial charge >= 0.3 is 0 Å². The molecule has 4 heteroatoms. The summed E-state index contributed by atoms with van der Waals surface area (Å²) in [4.78, 5) is 13.1. The number of carbonyl (C=O) groups excluding carboxylic acids is 1. The van der Waals surface area contributed by atoms with Crippen molar-refractivity contribution in [2.24, 2.45) is 11.8 Å². The average Bonchev–Trinajstić information content (AvgIpc) is 2.66. The van der Waals surface area contributed by atoms with Gasteiger partial charge < -0.3 is 14.6 Å². The second kappa shape index (κ2) is 10.9. The summed E-state index contributed by atoms with van der Waals surface area (Å²) in [5, 5.41) is 10.9. The van der Waals surface area contributed by atoms with Crippen LogP contribution in [0.5, 0.6) is 0 Å². The molecule has 4 nitrogen and oxygen atoms in total. The van der Waals surface area contributed by atoms with Crippen LogP contribution in [0.25, 0.3) is 5.57 Å². The summed E-state index contributed by atoms with van der Waals surface area (Å²) in [5.74, 6) is 0.715. The molecule has 2 rings (SSSR count). The fraction of sp³-hybridized carbons (Fsp3) is 0.640. The molecule has 2 unspecified atom stereocenters. The van der Waals surface area contributed by atoms with E-state index in [0.717, 1.165) is 29.5 Å². The van der Waals surface area contributed by atoms with E-state index in [2.05, 4.69) is 46.8 Å². The highest BCUT2D eigenvalue weighted by Crippen LogP contribution is 2.38. The fourth-order valence-corrected chi connectivity index (χ4v) is 4.19. The van der Waals surface area contributed by atoms with Crippen LogP contribution in [0.1, 0.15) is 76.1 Å². The van der Waals surface area contributed by atoms with Crippen LogP contribution in [-0.2, 0) is 27.1 Å². The quantitative estimate of drug-likeness (QED) is 0.503. The van der Waals surface area contributed by atoms with Gasteiger partial charge in [0.2, 0.25) is 0 Å². The average molecular weight is 403 g/mol. The van der Waals surface area contributed by atoms with Gasteiger partial charge in [0.05, 0.1) is 12.2 Å². The van der Waals surface area contributed by atoms with Gasteiger partial charge in [-0.25, -0.2) is 0 Å². The number of carbonyl (C=O) groups is 1. The zero-order valence-electron chi connectivity index (χ0n) is 19.0. The normalized spacial score (nSPS) is 18.6. The second-order valence-electron chi connectivity index (χ2n) is 8.53. The van der Waals surface area contributed by atoms with Crippen LogP contribution in [0.2, 0.25) is 0 Å². The van der Waals surface area contributed by atoms with Crippen molar-refractivity contribution in [3.05, 3.63) is 40.1 Å². The Hall–Kier alpha value is -1.65. The highest BCUT2D eigenvalue weighted by molar-refractivity contribution is 6.22. The van der Waals surface area contributed by atoms with Crippen LogP contribution in [0, 0.1) is 18.8 Å². The van der Waals surface area contributed by atoms with Crippen LogP contribution in [0.3, 0.4) is 0 Å². The zero-order valence-corrected chi connectivity index (χ0v) is 19.0. The molecule has 1 aliphatic rings. The summed E-state index contributed by atoms with van der Waals surface area (Å²) in [5.41, 5.74) is 4.97. The smallest absolute Gasteiger partial charge is 0.167 e. The number of aryl methyl sites for hydroxylation is 3. The summed E-state index contributed by atoms with van der Waals surface area (Å²) in [6, 6.07) is 4.28. The fourth-order valence-electron chi connectivity index (χ4n) is 4.19. The Kier molecular flexibility index (Phi) is 8.91. The minimum atomic E-state index is -0.327. The first-order chi connectivity index (χ1) is 13.8. The Balaban J connectivity index is 2.27. The maximum absolute atomic E-state index is 13.1. The van der Waals surface area contributed by atoms with Gasteiger partial charge in [0, 0.05) is 25.9 Å². The molecule has 0 aliphatic heterocycles. The van der Waals surface area contributed by atoms with Crippen LogP contribution in [0.4, 0.5) is 0 Å². The Labute approximate surface area is 176 Å². The molecular weight excluding hydrogens is 364 g/mol. The minimum Gasteiger partial charge on any atom is -0.512 e. The highest BCUT2D eigenvalue weighted by Gasteiger charge is 2.32. The monoisotopic (exact) mass is 402 g/mol. The standard InChI is InChI=1S/C25H38O4/c1-7-19-10-17(6)11-20(8-2)24(19)25-21(26)12-18(13-22(25)27)14-23(28-9-3)29-15-16(4)5/h10-11,16,18,23,26H,7-9,12-15H2,1-6H3. The van der Waals surface area contributed by atoms with Crippen molar-refractivity contribution in [2.45, 2.75) is 79.9 Å². The topological polar surface area (TPSA) is 55.8 Å². The predicted molar refractivity (Wildman–Crippen MR) is 118 cm³/mol. The highest BCUT2D eigenvalue weighted by atomic mass is 16.7. The number of Topliss-reactive ketones (excluding diaryl/α,β-unsaturated/α-hetero) is 1. The van der Waals surface area contributed by atoms with Gasteiger partial charge in [-0.05, 0) is 55.2 Å². The Morgan fingerprint density at radius 3 is 2.17 bits per heavy atom. The molecule has 2 atom stereocenters. The first-order valence-electron chi connectivity index (χ1n) is 11.1. The molecule has 0 aromatic heterocycles. The van der Waals surface area contributed by atoms with Gasteiger partial charge in [0.1, 0.15) is 5.76 Å². The van der Waals surface area contributed by atoms with Crippen LogP contribution >= 0.6 is 0 Å². The molecule has 1 aromatic rings. The maximum atomic E-state index is 13.1. The molecule has 0 saturated heterocycles. The maximum Gasteiger partial charge on any atom is 0.167 e. The van der Waals surface area contributed by atoms with E-state index in [1.165, 1.54) is 5.56 Å². The lowest BCUT2D eigenvalue weighted by Gasteiger charge is -2.29. The summed E-state index contributed by atoms with van der Waals surface area (Å²) in [6.45, 7) is 13.6. The van der Waals surface area contributed by atoms with Crippen molar-refractivity contribution < 1.29 is 19.4 Å². The van der Waals surface area contributed by atoms with E-state index in [1.54, 1.807) is 0 Å². The molecule has 0 radical (unpaired) electrons. The molecule has 0 saturated carbocycles. The molecule has 29 heavy (non-hydrogen) atoms. The number of ketones is 1. The first-order valence-corrected chi connectivity index (χ1v) is 11.1. The summed E-state index contributed by atoms with van der Waals surface area (Å²) < 4.78 is 11.6. The number of hydrogen-bond donors (Lipinski definition) is 1. The Bertz CT molecular complexity index is 707. The van der Waals surface area contributed by atoms with Crippen LogP contribution in [0.15, 0.2) is 17.9 Å². The third-order valence-electron chi connectivity index (χ3n) is 5.48. The van der Waals surface area contributed by atoms with Gasteiger partial charge in [-0.1, -0.05) is 45.4 Å². The number of ether oxygens (including phenoxy) is 2. The van der Waals surface area contributed by atoms with Crippen molar-refractivity contribution in [3.63, 3.8) is 0 Å². The molecule has 0 amide bonds. The Morgan fingerprint density at radius 2 is 1.69 bits per heavy atom. The Morgan fingerprint density at radius 1 is 1.07 bits per heavy atom. The van der Waals surface area contributed by atoms with Crippen molar-refractivity contribution in [2.75, 3.05) is 13.2 Å². The lowest BCUT2D eigenvalue weighted by atomic mass is 9.79. The third kappa shape index (κ3) is 6.16. The van der Waals surface area contributed by atoms with Gasteiger partial charge in [-0.2, -0.15) is 0 Å². The number of hydrogen-bond acceptors (Lipinski definition) is 4. The second-order valence-corrected chi connectivity index (χ2v) is 8.53. The van der Waals surface area contributed by atoms with Crippen molar-refractivity contribution in [3.8, 4) is 0 Å². The molecular formula is C25H38O4. The number of aliphatic hydroxyl groups is 1. The lowest BCUT2D eigenvalue weighted by molar-refractivity contribution is -0.156. The minimum absolute atomic E-state index is 0.0334. The molecule has 162 valence electrons. The third-order valence-corrected chi connectivity index (χ3v) is 5.48. The van der Waals surface area contributed by atoms with Crippen LogP contribution < -0.4 is 0 Å². The van der Waals surface area contributed by atoms with Gasteiger partial charge in [0.15, 0.2) is 12.1 Å². The zero-order chi connectivity index (χ0) is 21.6. The van der Waals surface area contributed by atoms with E-state index in [-0.39, 0.29) is 23.8 Å². The van der Waals surface area contributed by atoms with Crippen molar-refractivity contribution in [1.82, 2.24) is 0 Å². The molecule has 0 spiro atoms. The van der Waals surface area contributed by atoms with E-state index >= 15 is 0 Å². The van der Waals surface area contributed by atoms with Crippen molar-refractivity contribution >= 4 is 11.4 Å². The van der Waals surface area contributed by atoms with E-state index in [4.69, 9.17) is 9.47 Å². The number of aliphatic hydroxyl groups excluding tert-OH is 1. The van der Waals surface area contributed by atoms with E-state index in [9.17, 15) is 9.90 Å². The SMILES string of the molecule is CCOC(CC1CC(=O)C(c2c(CC)cc(C)cc2CC)=C(O)C1)OCC(C)C. The molecule has 1 aromatic carbocycles. The molecule has 1 N–H and O–H groups in total. The number of allylic oxidation sites excluding steroid dienone is 2. The first kappa shape index (κ1) is 23.6. The van der Waals surface area contributed by atoms with Crippen LogP contribution in [-0.4, -0.2) is 30.4 Å². The van der Waals surface area contributed by atoms with E-state index < -0.39 is 0 Å². The summed E-state index contributed by atoms with van der Waals surface area (Å²) >= 11 is 0. The molecule has 1 aliphatic carbocycles. The van der Waals surface area contributed by atoms with Gasteiger partial charge in [-0.15, -0.1) is 0 Å². The molecule has 0 bridgehead atoms. The van der Waals surface area contributed by atoms with Gasteiger partial charge in [-0.3, -0.25) is 4.79 Å². The van der Waals surface area contributed by atoms with E-state index in [0.29, 0.717) is 44.0 Å². The van der Waals surface area contributed by atoms with Crippen molar-refractivity contribution in [1.29, 1.82) is 0 Å². The largest absolute Gasteiger partial charge is 0.512 e. The molecule has 0 fully saturated rings. The summed E-state index contributed by atoms with van der Waals surface area (Å²) in [6.07, 6.45) is 2.90. The predicted octanol–water partition coefficient (Wildman–Crippen LogP) is 5.79. The number of benzene rings is 1. The van der Waals surface area contributed by atoms with E-state index in [1.807, 2.05) is 6.92 Å². The number of rotatable bonds is 10. The molecule has 0 heterocycles. The van der Waals surface area contributed by atoms with Gasteiger partial charge in [0.25, 0.3) is 0 Å².